The van der Waals surface area contributed by atoms with Crippen molar-refractivity contribution in [1.82, 2.24) is 0 Å². The molecule has 3 rings (SSSR count). The van der Waals surface area contributed by atoms with Crippen LogP contribution in [0.5, 0.6) is 0 Å². The van der Waals surface area contributed by atoms with Crippen molar-refractivity contribution in [2.45, 2.75) is 26.8 Å². The number of ketones is 1. The second-order valence-corrected chi connectivity index (χ2v) is 11.2. The molecule has 0 saturated carbocycles. The Bertz CT molecular complexity index is 1010. The summed E-state index contributed by atoms with van der Waals surface area (Å²) in [5.74, 6) is -1.09. The zero-order valence-electron chi connectivity index (χ0n) is 18.8. The second-order valence-electron chi connectivity index (χ2n) is 7.88. The van der Waals surface area contributed by atoms with Gasteiger partial charge in [-0.25, -0.2) is 4.79 Å². The van der Waals surface area contributed by atoms with Gasteiger partial charge in [0.15, 0.2) is 5.78 Å². The van der Waals surface area contributed by atoms with Gasteiger partial charge in [0, 0.05) is 0 Å². The molecular formula is C27H30NO3P. The highest BCUT2D eigenvalue weighted by molar-refractivity contribution is 7.97. The van der Waals surface area contributed by atoms with E-state index in [4.69, 9.17) is 10.5 Å². The number of ether oxygens (including phenoxy) is 1. The first-order chi connectivity index (χ1) is 15.4. The van der Waals surface area contributed by atoms with Gasteiger partial charge in [0.2, 0.25) is 0 Å². The maximum Gasteiger partial charge on any atom is 0.342 e. The summed E-state index contributed by atoms with van der Waals surface area (Å²) >= 11 is 0. The van der Waals surface area contributed by atoms with E-state index >= 15 is 0 Å². The van der Waals surface area contributed by atoms with Gasteiger partial charge >= 0.3 is 5.97 Å². The molecule has 5 heteroatoms. The summed E-state index contributed by atoms with van der Waals surface area (Å²) in [5, 5.41) is 2.86. The van der Waals surface area contributed by atoms with Crippen LogP contribution in [0.25, 0.3) is 0 Å². The van der Waals surface area contributed by atoms with Gasteiger partial charge in [0.25, 0.3) is 0 Å². The zero-order chi connectivity index (χ0) is 23.1. The molecule has 0 fully saturated rings. The molecule has 0 radical (unpaired) electrons. The molecule has 0 aliphatic carbocycles. The Balaban J connectivity index is 2.62. The zero-order valence-corrected chi connectivity index (χ0v) is 19.7. The van der Waals surface area contributed by atoms with Crippen LogP contribution in [0, 0.1) is 5.92 Å². The fourth-order valence-corrected chi connectivity index (χ4v) is 8.20. The third-order valence-electron chi connectivity index (χ3n) is 5.49. The average molecular weight is 448 g/mol. The lowest BCUT2D eigenvalue weighted by molar-refractivity contribution is -0.135. The van der Waals surface area contributed by atoms with Crippen LogP contribution in [0.3, 0.4) is 0 Å². The van der Waals surface area contributed by atoms with E-state index < -0.39 is 18.9 Å². The van der Waals surface area contributed by atoms with E-state index in [1.165, 1.54) is 0 Å². The summed E-state index contributed by atoms with van der Waals surface area (Å²) in [5.41, 5.74) is 6.37. The first-order valence-electron chi connectivity index (χ1n) is 10.8. The minimum absolute atomic E-state index is 0.129. The molecule has 0 aromatic heterocycles. The van der Waals surface area contributed by atoms with E-state index in [0.717, 1.165) is 15.9 Å². The Morgan fingerprint density at radius 2 is 1.16 bits per heavy atom. The monoisotopic (exact) mass is 447 g/mol. The fourth-order valence-electron chi connectivity index (χ4n) is 3.85. The van der Waals surface area contributed by atoms with E-state index in [-0.39, 0.29) is 23.6 Å². The maximum atomic E-state index is 13.9. The van der Waals surface area contributed by atoms with Gasteiger partial charge < -0.3 is 10.5 Å². The normalized spacial score (nSPS) is 12.3. The number of Topliss-reactive ketones (excluding diaryl/α,β-unsaturated/α-hetero) is 1. The number of nitrogens with two attached hydrogens (primary N) is 1. The first-order valence-corrected chi connectivity index (χ1v) is 12.6. The molecule has 4 nitrogen and oxygen atoms in total. The molecule has 3 aromatic carbocycles. The predicted octanol–water partition coefficient (Wildman–Crippen LogP) is 3.27. The number of esters is 1. The SMILES string of the molecule is CCOC(=O)C(C(=O)C(N)C(C)C)=P(c1ccccc1)(c1ccccc1)c1ccccc1. The Labute approximate surface area is 190 Å². The van der Waals surface area contributed by atoms with Gasteiger partial charge in [-0.05, 0) is 35.6 Å². The Morgan fingerprint density at radius 1 is 0.781 bits per heavy atom. The highest BCUT2D eigenvalue weighted by atomic mass is 31.2. The quantitative estimate of drug-likeness (QED) is 0.327. The van der Waals surface area contributed by atoms with E-state index in [0.29, 0.717) is 0 Å². The van der Waals surface area contributed by atoms with Gasteiger partial charge in [0.05, 0.1) is 12.6 Å². The minimum atomic E-state index is -2.89. The molecular weight excluding hydrogens is 417 g/mol. The molecule has 2 N–H and O–H groups in total. The lowest BCUT2D eigenvalue weighted by Gasteiger charge is -2.32. The van der Waals surface area contributed by atoms with Crippen LogP contribution in [0.15, 0.2) is 91.0 Å². The highest BCUT2D eigenvalue weighted by Gasteiger charge is 2.39. The van der Waals surface area contributed by atoms with Crippen molar-refractivity contribution in [3.8, 4) is 0 Å². The Morgan fingerprint density at radius 3 is 1.47 bits per heavy atom. The number of carbonyl (C=O) groups is 2. The van der Waals surface area contributed by atoms with Crippen molar-refractivity contribution >= 4 is 39.8 Å². The van der Waals surface area contributed by atoms with E-state index in [9.17, 15) is 9.59 Å². The minimum Gasteiger partial charge on any atom is -0.462 e. The van der Waals surface area contributed by atoms with Crippen molar-refractivity contribution < 1.29 is 14.3 Å². The standard InChI is InChI=1S/C27H30NO3P/c1-4-31-27(30)26(25(29)24(28)20(2)3)32(21-14-8-5-9-15-21,22-16-10-6-11-17-22)23-18-12-7-13-19-23/h5-20,24H,4,28H2,1-3H3. The van der Waals surface area contributed by atoms with Crippen molar-refractivity contribution in [3.05, 3.63) is 91.0 Å². The topological polar surface area (TPSA) is 69.4 Å². The van der Waals surface area contributed by atoms with E-state index in [1.807, 2.05) is 105 Å². The molecule has 0 saturated heterocycles. The Kier molecular flexibility index (Phi) is 7.84. The summed E-state index contributed by atoms with van der Waals surface area (Å²) in [6.45, 7) is 2.81. The molecule has 32 heavy (non-hydrogen) atoms. The van der Waals surface area contributed by atoms with Crippen LogP contribution < -0.4 is 21.6 Å². The summed E-state index contributed by atoms with van der Waals surface area (Å²) in [4.78, 5) is 27.5. The summed E-state index contributed by atoms with van der Waals surface area (Å²) in [6, 6.07) is 28.5. The lowest BCUT2D eigenvalue weighted by Crippen LogP contribution is -2.47. The van der Waals surface area contributed by atoms with Gasteiger partial charge in [-0.1, -0.05) is 105 Å². The third-order valence-corrected chi connectivity index (χ3v) is 9.78. The molecule has 1 unspecified atom stereocenters. The van der Waals surface area contributed by atoms with Crippen molar-refractivity contribution in [3.63, 3.8) is 0 Å². The second kappa shape index (κ2) is 10.6. The maximum absolute atomic E-state index is 13.9. The van der Waals surface area contributed by atoms with Crippen LogP contribution in [-0.4, -0.2) is 29.7 Å². The summed E-state index contributed by atoms with van der Waals surface area (Å²) in [6.07, 6.45) is 0. The van der Waals surface area contributed by atoms with Crippen LogP contribution in [0.4, 0.5) is 0 Å². The van der Waals surface area contributed by atoms with Crippen molar-refractivity contribution in [2.24, 2.45) is 11.7 Å². The molecule has 0 spiro atoms. The molecule has 0 bridgehead atoms. The van der Waals surface area contributed by atoms with Gasteiger partial charge in [-0.3, -0.25) is 4.79 Å². The van der Waals surface area contributed by atoms with E-state index in [2.05, 4.69) is 0 Å². The molecule has 166 valence electrons. The fraction of sp³-hybridized carbons (Fsp3) is 0.222. The first kappa shape index (κ1) is 23.7. The Hall–Kier alpha value is -2.94. The van der Waals surface area contributed by atoms with Crippen LogP contribution in [-0.2, 0) is 14.3 Å². The molecule has 3 aromatic rings. The van der Waals surface area contributed by atoms with Gasteiger partial charge in [-0.2, -0.15) is 0 Å². The number of benzene rings is 3. The predicted molar refractivity (Wildman–Crippen MR) is 135 cm³/mol. The molecule has 0 aliphatic heterocycles. The number of carbonyl (C=O) groups excluding carboxylic acids is 2. The molecule has 1 atom stereocenters. The van der Waals surface area contributed by atoms with Gasteiger partial charge in [-0.15, -0.1) is 0 Å². The highest BCUT2D eigenvalue weighted by Crippen LogP contribution is 2.47. The van der Waals surface area contributed by atoms with Gasteiger partial charge in [0.1, 0.15) is 5.29 Å². The lowest BCUT2D eigenvalue weighted by atomic mass is 9.99. The summed E-state index contributed by atoms with van der Waals surface area (Å²) in [7, 11) is 0. The smallest absolute Gasteiger partial charge is 0.342 e. The van der Waals surface area contributed by atoms with E-state index in [1.54, 1.807) is 6.92 Å². The number of rotatable bonds is 8. The number of hydrogen-bond donors (Lipinski definition) is 1. The van der Waals surface area contributed by atoms with Crippen LogP contribution in [0.2, 0.25) is 0 Å². The molecule has 0 amide bonds. The van der Waals surface area contributed by atoms with Crippen LogP contribution >= 0.6 is 6.89 Å². The molecule has 0 heterocycles. The van der Waals surface area contributed by atoms with Crippen LogP contribution in [0.1, 0.15) is 20.8 Å². The summed E-state index contributed by atoms with van der Waals surface area (Å²) < 4.78 is 5.50. The van der Waals surface area contributed by atoms with Crippen molar-refractivity contribution in [2.75, 3.05) is 6.61 Å². The third kappa shape index (κ3) is 4.48. The van der Waals surface area contributed by atoms with Crippen molar-refractivity contribution in [1.29, 1.82) is 0 Å². The largest absolute Gasteiger partial charge is 0.462 e. The number of hydrogen-bond acceptors (Lipinski definition) is 4. The average Bonchev–Trinajstić information content (AvgIpc) is 2.83. The molecule has 0 aliphatic rings.